The lowest BCUT2D eigenvalue weighted by Gasteiger charge is -2.29. The largest absolute Gasteiger partial charge is 0.295 e. The maximum Gasteiger partial charge on any atom is 0.243 e. The van der Waals surface area contributed by atoms with Crippen LogP contribution in [0.25, 0.3) is 0 Å². The van der Waals surface area contributed by atoms with Gasteiger partial charge in [-0.05, 0) is 30.9 Å². The molecule has 2 saturated heterocycles. The van der Waals surface area contributed by atoms with Crippen molar-refractivity contribution in [2.45, 2.75) is 31.2 Å². The van der Waals surface area contributed by atoms with Crippen LogP contribution in [0.5, 0.6) is 0 Å². The Morgan fingerprint density at radius 1 is 1.11 bits per heavy atom. The summed E-state index contributed by atoms with van der Waals surface area (Å²) in [6.45, 7) is 1.85. The van der Waals surface area contributed by atoms with Gasteiger partial charge in [-0.25, -0.2) is 0 Å². The maximum absolute atomic E-state index is 11.9. The zero-order valence-corrected chi connectivity index (χ0v) is 10.8. The van der Waals surface area contributed by atoms with Gasteiger partial charge in [-0.15, -0.1) is 0 Å². The van der Waals surface area contributed by atoms with Crippen molar-refractivity contribution in [2.75, 3.05) is 13.1 Å². The summed E-state index contributed by atoms with van der Waals surface area (Å²) in [6.07, 6.45) is 2.21. The van der Waals surface area contributed by atoms with Crippen molar-refractivity contribution in [3.63, 3.8) is 0 Å². The van der Waals surface area contributed by atoms with E-state index in [1.54, 1.807) is 0 Å². The summed E-state index contributed by atoms with van der Waals surface area (Å²) in [5.41, 5.74) is 1.34. The zero-order chi connectivity index (χ0) is 13.2. The molecule has 0 bridgehead atoms. The highest BCUT2D eigenvalue weighted by Crippen LogP contribution is 2.29. The molecule has 2 aliphatic heterocycles. The Kier molecular flexibility index (Phi) is 3.34. The van der Waals surface area contributed by atoms with E-state index in [9.17, 15) is 9.59 Å². The second kappa shape index (κ2) is 5.13. The number of amides is 2. The van der Waals surface area contributed by atoms with Gasteiger partial charge in [0, 0.05) is 13.0 Å². The van der Waals surface area contributed by atoms with Crippen LogP contribution in [0.3, 0.4) is 0 Å². The molecule has 4 heteroatoms. The number of hydrogen-bond donors (Lipinski definition) is 1. The molecular weight excluding hydrogens is 240 g/mol. The summed E-state index contributed by atoms with van der Waals surface area (Å²) in [5.74, 6) is 0.247. The van der Waals surface area contributed by atoms with Gasteiger partial charge in [0.1, 0.15) is 0 Å². The molecule has 19 heavy (non-hydrogen) atoms. The number of benzene rings is 1. The molecule has 0 radical (unpaired) electrons. The van der Waals surface area contributed by atoms with Gasteiger partial charge in [-0.3, -0.25) is 19.8 Å². The molecule has 2 unspecified atom stereocenters. The summed E-state index contributed by atoms with van der Waals surface area (Å²) in [5, 5.41) is 2.44. The highest BCUT2D eigenvalue weighted by Gasteiger charge is 2.35. The van der Waals surface area contributed by atoms with E-state index in [1.807, 2.05) is 6.07 Å². The van der Waals surface area contributed by atoms with Gasteiger partial charge in [-0.1, -0.05) is 30.3 Å². The first-order valence-corrected chi connectivity index (χ1v) is 6.87. The normalized spacial score (nSPS) is 28.4. The molecule has 1 aromatic carbocycles. The first-order valence-electron chi connectivity index (χ1n) is 6.87. The summed E-state index contributed by atoms with van der Waals surface area (Å²) < 4.78 is 0. The molecule has 4 nitrogen and oxygen atoms in total. The highest BCUT2D eigenvalue weighted by molar-refractivity contribution is 6.00. The minimum atomic E-state index is -0.139. The average molecular weight is 258 g/mol. The number of likely N-dealkylation sites (tertiary alicyclic amines) is 1. The number of imide groups is 1. The van der Waals surface area contributed by atoms with Crippen LogP contribution in [0.4, 0.5) is 0 Å². The number of nitrogens with zero attached hydrogens (tertiary/aromatic N) is 1. The molecule has 0 spiro atoms. The number of rotatable bonds is 2. The minimum Gasteiger partial charge on any atom is -0.295 e. The molecule has 0 aliphatic carbocycles. The number of nitrogens with one attached hydrogen (secondary N) is 1. The molecule has 2 aliphatic rings. The van der Waals surface area contributed by atoms with Crippen LogP contribution in [0, 0.1) is 0 Å². The van der Waals surface area contributed by atoms with Crippen LogP contribution in [-0.4, -0.2) is 35.8 Å². The number of carbonyl (C=O) groups is 2. The van der Waals surface area contributed by atoms with E-state index >= 15 is 0 Å². The molecule has 2 heterocycles. The van der Waals surface area contributed by atoms with Gasteiger partial charge in [0.05, 0.1) is 6.04 Å². The van der Waals surface area contributed by atoms with E-state index in [0.717, 1.165) is 19.5 Å². The molecular formula is C15H18N2O2. The van der Waals surface area contributed by atoms with Gasteiger partial charge in [0.25, 0.3) is 0 Å². The van der Waals surface area contributed by atoms with Crippen LogP contribution in [0.15, 0.2) is 30.3 Å². The molecule has 2 amide bonds. The molecule has 100 valence electrons. The second-order valence-electron chi connectivity index (χ2n) is 5.36. The molecule has 0 aromatic heterocycles. The van der Waals surface area contributed by atoms with E-state index in [1.165, 1.54) is 5.56 Å². The number of piperidine rings is 1. The van der Waals surface area contributed by atoms with Gasteiger partial charge < -0.3 is 0 Å². The molecule has 3 rings (SSSR count). The quantitative estimate of drug-likeness (QED) is 0.813. The van der Waals surface area contributed by atoms with Crippen LogP contribution in [0.2, 0.25) is 0 Å². The van der Waals surface area contributed by atoms with Gasteiger partial charge >= 0.3 is 0 Å². The standard InChI is InChI=1S/C15H18N2O2/c18-14-7-6-13(15(19)16-14)17-9-8-12(10-17)11-4-2-1-3-5-11/h1-5,12-13H,6-10H2,(H,16,18,19). The maximum atomic E-state index is 11.9. The van der Waals surface area contributed by atoms with Gasteiger partial charge in [0.15, 0.2) is 0 Å². The van der Waals surface area contributed by atoms with Crippen molar-refractivity contribution in [3.05, 3.63) is 35.9 Å². The third kappa shape index (κ3) is 2.54. The first-order chi connectivity index (χ1) is 9.24. The summed E-state index contributed by atoms with van der Waals surface area (Å²) in [7, 11) is 0. The average Bonchev–Trinajstić information content (AvgIpc) is 2.89. The van der Waals surface area contributed by atoms with Crippen molar-refractivity contribution >= 4 is 11.8 Å². The van der Waals surface area contributed by atoms with Crippen molar-refractivity contribution < 1.29 is 9.59 Å². The van der Waals surface area contributed by atoms with Crippen molar-refractivity contribution in [1.82, 2.24) is 10.2 Å². The monoisotopic (exact) mass is 258 g/mol. The fourth-order valence-electron chi connectivity index (χ4n) is 3.10. The summed E-state index contributed by atoms with van der Waals surface area (Å²) in [4.78, 5) is 25.3. The lowest BCUT2D eigenvalue weighted by Crippen LogP contribution is -2.51. The molecule has 2 atom stereocenters. The van der Waals surface area contributed by atoms with E-state index in [4.69, 9.17) is 0 Å². The van der Waals surface area contributed by atoms with Crippen LogP contribution in [-0.2, 0) is 9.59 Å². The second-order valence-corrected chi connectivity index (χ2v) is 5.36. The van der Waals surface area contributed by atoms with Crippen LogP contribution in [0.1, 0.15) is 30.7 Å². The highest BCUT2D eigenvalue weighted by atomic mass is 16.2. The number of carbonyl (C=O) groups excluding carboxylic acids is 2. The van der Waals surface area contributed by atoms with E-state index in [2.05, 4.69) is 34.5 Å². The Hall–Kier alpha value is -1.68. The third-order valence-electron chi connectivity index (χ3n) is 4.14. The van der Waals surface area contributed by atoms with Crippen molar-refractivity contribution in [1.29, 1.82) is 0 Å². The fourth-order valence-corrected chi connectivity index (χ4v) is 3.10. The topological polar surface area (TPSA) is 49.4 Å². The summed E-state index contributed by atoms with van der Waals surface area (Å²) >= 11 is 0. The molecule has 2 fully saturated rings. The van der Waals surface area contributed by atoms with E-state index in [-0.39, 0.29) is 17.9 Å². The molecule has 0 saturated carbocycles. The lowest BCUT2D eigenvalue weighted by molar-refractivity contribution is -0.137. The van der Waals surface area contributed by atoms with Crippen LogP contribution < -0.4 is 5.32 Å². The molecule has 1 aromatic rings. The van der Waals surface area contributed by atoms with E-state index in [0.29, 0.717) is 18.8 Å². The zero-order valence-electron chi connectivity index (χ0n) is 10.8. The van der Waals surface area contributed by atoms with Gasteiger partial charge in [-0.2, -0.15) is 0 Å². The summed E-state index contributed by atoms with van der Waals surface area (Å²) in [6, 6.07) is 10.3. The minimum absolute atomic E-state index is 0.119. The first kappa shape index (κ1) is 12.4. The lowest BCUT2D eigenvalue weighted by atomic mass is 9.98. The SMILES string of the molecule is O=C1CCC(N2CCC(c3ccccc3)C2)C(=O)N1. The Balaban J connectivity index is 1.66. The van der Waals surface area contributed by atoms with Crippen molar-refractivity contribution in [3.8, 4) is 0 Å². The Bertz CT molecular complexity index is 486. The predicted molar refractivity (Wildman–Crippen MR) is 71.5 cm³/mol. The smallest absolute Gasteiger partial charge is 0.243 e. The molecule has 1 N–H and O–H groups in total. The number of hydrogen-bond acceptors (Lipinski definition) is 3. The predicted octanol–water partition coefficient (Wildman–Crippen LogP) is 1.28. The Morgan fingerprint density at radius 3 is 2.63 bits per heavy atom. The third-order valence-corrected chi connectivity index (χ3v) is 4.14. The Labute approximate surface area is 112 Å². The Morgan fingerprint density at radius 2 is 1.89 bits per heavy atom. The van der Waals surface area contributed by atoms with Crippen LogP contribution >= 0.6 is 0 Å². The van der Waals surface area contributed by atoms with E-state index < -0.39 is 0 Å². The fraction of sp³-hybridized carbons (Fsp3) is 0.467. The van der Waals surface area contributed by atoms with Crippen molar-refractivity contribution in [2.24, 2.45) is 0 Å². The van der Waals surface area contributed by atoms with Gasteiger partial charge in [0.2, 0.25) is 11.8 Å².